The molecule has 1 amide bonds. The lowest BCUT2D eigenvalue weighted by Gasteiger charge is -2.31. The molecule has 1 unspecified atom stereocenters. The Labute approximate surface area is 99.0 Å². The van der Waals surface area contributed by atoms with E-state index in [1.165, 1.54) is 11.8 Å². The number of aliphatic carboxylic acids is 1. The van der Waals surface area contributed by atoms with Crippen molar-refractivity contribution in [2.45, 2.75) is 6.92 Å². The molecule has 5 nitrogen and oxygen atoms in total. The maximum absolute atomic E-state index is 12.0. The predicted octanol–water partition coefficient (Wildman–Crippen LogP) is 1.17. The van der Waals surface area contributed by atoms with Crippen molar-refractivity contribution < 1.29 is 14.7 Å². The predicted molar refractivity (Wildman–Crippen MR) is 64.1 cm³/mol. The van der Waals surface area contributed by atoms with Gasteiger partial charge in [-0.25, -0.2) is 0 Å². The third kappa shape index (κ3) is 2.08. The van der Waals surface area contributed by atoms with Crippen LogP contribution in [0, 0.1) is 5.92 Å². The second-order valence-corrected chi connectivity index (χ2v) is 3.99. The van der Waals surface area contributed by atoms with E-state index >= 15 is 0 Å². The maximum atomic E-state index is 12.0. The summed E-state index contributed by atoms with van der Waals surface area (Å²) in [4.78, 5) is 24.4. The van der Waals surface area contributed by atoms with E-state index in [2.05, 4.69) is 5.32 Å². The fourth-order valence-corrected chi connectivity index (χ4v) is 1.85. The molecule has 1 aromatic carbocycles. The summed E-state index contributed by atoms with van der Waals surface area (Å²) in [5.74, 6) is -2.47. The molecule has 1 aliphatic heterocycles. The fourth-order valence-electron chi connectivity index (χ4n) is 1.85. The highest BCUT2D eigenvalue weighted by atomic mass is 16.4. The molecule has 0 saturated carbocycles. The zero-order chi connectivity index (χ0) is 12.4. The lowest BCUT2D eigenvalue weighted by Crippen LogP contribution is -2.43. The van der Waals surface area contributed by atoms with Crippen LogP contribution in [-0.2, 0) is 9.59 Å². The van der Waals surface area contributed by atoms with Gasteiger partial charge in [-0.15, -0.1) is 0 Å². The molecule has 1 aromatic rings. The van der Waals surface area contributed by atoms with Gasteiger partial charge in [0.15, 0.2) is 0 Å². The van der Waals surface area contributed by atoms with Gasteiger partial charge in [0.1, 0.15) is 5.92 Å². The van der Waals surface area contributed by atoms with Crippen LogP contribution in [0.4, 0.5) is 11.4 Å². The molecule has 0 saturated heterocycles. The number of para-hydroxylation sites is 2. The Bertz CT molecular complexity index is 459. The van der Waals surface area contributed by atoms with E-state index in [1.807, 2.05) is 24.3 Å². The van der Waals surface area contributed by atoms with Crippen molar-refractivity contribution in [2.75, 3.05) is 23.3 Å². The van der Waals surface area contributed by atoms with E-state index in [1.54, 1.807) is 0 Å². The molecule has 17 heavy (non-hydrogen) atoms. The van der Waals surface area contributed by atoms with Gasteiger partial charge in [-0.3, -0.25) is 9.59 Å². The summed E-state index contributed by atoms with van der Waals surface area (Å²) in [6.07, 6.45) is 0. The van der Waals surface area contributed by atoms with E-state index in [-0.39, 0.29) is 5.91 Å². The van der Waals surface area contributed by atoms with E-state index in [0.29, 0.717) is 13.1 Å². The molecule has 90 valence electrons. The average Bonchev–Trinajstić information content (AvgIpc) is 2.36. The SMILES string of the molecule is CC(C(=O)O)C(=O)N1CCNc2ccccc21. The normalized spacial score (nSPS) is 15.7. The van der Waals surface area contributed by atoms with Crippen LogP contribution in [0.25, 0.3) is 0 Å². The molecular weight excluding hydrogens is 220 g/mol. The van der Waals surface area contributed by atoms with E-state index in [0.717, 1.165) is 11.4 Å². The molecule has 2 N–H and O–H groups in total. The fraction of sp³-hybridized carbons (Fsp3) is 0.333. The molecule has 5 heteroatoms. The Hall–Kier alpha value is -2.04. The van der Waals surface area contributed by atoms with Crippen LogP contribution < -0.4 is 10.2 Å². The number of nitrogens with one attached hydrogen (secondary N) is 1. The van der Waals surface area contributed by atoms with E-state index in [4.69, 9.17) is 5.11 Å². The van der Waals surface area contributed by atoms with Crippen molar-refractivity contribution in [3.8, 4) is 0 Å². The highest BCUT2D eigenvalue weighted by Gasteiger charge is 2.29. The van der Waals surface area contributed by atoms with Gasteiger partial charge in [0.2, 0.25) is 5.91 Å². The highest BCUT2D eigenvalue weighted by molar-refractivity contribution is 6.07. The first-order valence-electron chi connectivity index (χ1n) is 5.48. The zero-order valence-corrected chi connectivity index (χ0v) is 9.51. The average molecular weight is 234 g/mol. The Morgan fingerprint density at radius 3 is 2.82 bits per heavy atom. The quantitative estimate of drug-likeness (QED) is 0.753. The summed E-state index contributed by atoms with van der Waals surface area (Å²) < 4.78 is 0. The summed E-state index contributed by atoms with van der Waals surface area (Å²) in [6.45, 7) is 2.54. The summed E-state index contributed by atoms with van der Waals surface area (Å²) in [5, 5.41) is 12.0. The number of carbonyl (C=O) groups excluding carboxylic acids is 1. The molecule has 0 aliphatic carbocycles. The summed E-state index contributed by atoms with van der Waals surface area (Å²) in [5.41, 5.74) is 1.61. The number of rotatable bonds is 2. The first kappa shape index (κ1) is 11.4. The Balaban J connectivity index is 2.30. The molecule has 1 aliphatic rings. The number of amides is 1. The van der Waals surface area contributed by atoms with Gasteiger partial charge >= 0.3 is 5.97 Å². The number of carboxylic acids is 1. The Morgan fingerprint density at radius 1 is 1.41 bits per heavy atom. The van der Waals surface area contributed by atoms with Crippen molar-refractivity contribution in [1.82, 2.24) is 0 Å². The van der Waals surface area contributed by atoms with Crippen LogP contribution in [0.2, 0.25) is 0 Å². The molecule has 1 atom stereocenters. The number of hydrogen-bond acceptors (Lipinski definition) is 3. The molecule has 1 heterocycles. The topological polar surface area (TPSA) is 69.6 Å². The van der Waals surface area contributed by atoms with Crippen molar-refractivity contribution in [3.63, 3.8) is 0 Å². The molecular formula is C12H14N2O3. The van der Waals surface area contributed by atoms with Crippen LogP contribution in [0.5, 0.6) is 0 Å². The Morgan fingerprint density at radius 2 is 2.12 bits per heavy atom. The van der Waals surface area contributed by atoms with Crippen molar-refractivity contribution >= 4 is 23.3 Å². The van der Waals surface area contributed by atoms with Crippen LogP contribution >= 0.6 is 0 Å². The van der Waals surface area contributed by atoms with Crippen molar-refractivity contribution in [2.24, 2.45) is 5.92 Å². The number of nitrogens with zero attached hydrogens (tertiary/aromatic N) is 1. The van der Waals surface area contributed by atoms with E-state index in [9.17, 15) is 9.59 Å². The molecule has 0 radical (unpaired) electrons. The lowest BCUT2D eigenvalue weighted by atomic mass is 10.1. The molecule has 0 aromatic heterocycles. The summed E-state index contributed by atoms with van der Waals surface area (Å²) >= 11 is 0. The van der Waals surface area contributed by atoms with Crippen LogP contribution in [0.3, 0.4) is 0 Å². The summed E-state index contributed by atoms with van der Waals surface area (Å²) in [7, 11) is 0. The number of fused-ring (bicyclic) bond motifs is 1. The second-order valence-electron chi connectivity index (χ2n) is 3.99. The minimum absolute atomic E-state index is 0.369. The third-order valence-electron chi connectivity index (χ3n) is 2.85. The molecule has 0 fully saturated rings. The van der Waals surface area contributed by atoms with Crippen molar-refractivity contribution in [3.05, 3.63) is 24.3 Å². The lowest BCUT2D eigenvalue weighted by molar-refractivity contribution is -0.145. The first-order chi connectivity index (χ1) is 8.11. The van der Waals surface area contributed by atoms with Gasteiger partial charge in [-0.05, 0) is 19.1 Å². The number of carboxylic acid groups (broad SMARTS) is 1. The molecule has 0 spiro atoms. The molecule has 2 rings (SSSR count). The van der Waals surface area contributed by atoms with Crippen molar-refractivity contribution in [1.29, 1.82) is 0 Å². The smallest absolute Gasteiger partial charge is 0.315 e. The number of carbonyl (C=O) groups is 2. The van der Waals surface area contributed by atoms with E-state index < -0.39 is 11.9 Å². The zero-order valence-electron chi connectivity index (χ0n) is 9.51. The minimum Gasteiger partial charge on any atom is -0.481 e. The number of hydrogen-bond donors (Lipinski definition) is 2. The largest absolute Gasteiger partial charge is 0.481 e. The van der Waals surface area contributed by atoms with Gasteiger partial charge in [0, 0.05) is 13.1 Å². The standard InChI is InChI=1S/C12H14N2O3/c1-8(12(16)17)11(15)14-7-6-13-9-4-2-3-5-10(9)14/h2-5,8,13H,6-7H2,1H3,(H,16,17). The third-order valence-corrected chi connectivity index (χ3v) is 2.85. The van der Waals surface area contributed by atoms with Gasteiger partial charge in [0.25, 0.3) is 0 Å². The van der Waals surface area contributed by atoms with Crippen LogP contribution in [0.15, 0.2) is 24.3 Å². The number of benzene rings is 1. The van der Waals surface area contributed by atoms with Gasteiger partial charge < -0.3 is 15.3 Å². The number of anilines is 2. The summed E-state index contributed by atoms with van der Waals surface area (Å²) in [6, 6.07) is 7.39. The minimum atomic E-state index is -1.09. The van der Waals surface area contributed by atoms with Crippen LogP contribution in [-0.4, -0.2) is 30.1 Å². The van der Waals surface area contributed by atoms with Crippen LogP contribution in [0.1, 0.15) is 6.92 Å². The molecule has 0 bridgehead atoms. The first-order valence-corrected chi connectivity index (χ1v) is 5.48. The second kappa shape index (κ2) is 4.45. The van der Waals surface area contributed by atoms with Gasteiger partial charge in [-0.2, -0.15) is 0 Å². The van der Waals surface area contributed by atoms with Gasteiger partial charge in [-0.1, -0.05) is 12.1 Å². The maximum Gasteiger partial charge on any atom is 0.315 e. The van der Waals surface area contributed by atoms with Gasteiger partial charge in [0.05, 0.1) is 11.4 Å². The Kier molecular flexibility index (Phi) is 2.99. The highest BCUT2D eigenvalue weighted by Crippen LogP contribution is 2.29. The monoisotopic (exact) mass is 234 g/mol.